The van der Waals surface area contributed by atoms with Gasteiger partial charge in [-0.1, -0.05) is 44.2 Å². The highest BCUT2D eigenvalue weighted by Gasteiger charge is 2.44. The Morgan fingerprint density at radius 3 is 2.37 bits per heavy atom. The molecule has 0 aromatic heterocycles. The number of hydrogen-bond donors (Lipinski definition) is 1. The van der Waals surface area contributed by atoms with Gasteiger partial charge >= 0.3 is 18.4 Å². The van der Waals surface area contributed by atoms with E-state index in [0.29, 0.717) is 19.4 Å². The molecule has 0 unspecified atom stereocenters. The first kappa shape index (κ1) is 37.5. The Bertz CT molecular complexity index is 1540. The molecule has 2 heterocycles. The summed E-state index contributed by atoms with van der Waals surface area (Å²) in [5.74, 6) is -1.19. The molecule has 4 rings (SSSR count). The molecule has 2 aliphatic rings. The summed E-state index contributed by atoms with van der Waals surface area (Å²) >= 11 is 0. The molecule has 0 bridgehead atoms. The lowest BCUT2D eigenvalue weighted by Crippen LogP contribution is -2.54. The van der Waals surface area contributed by atoms with Gasteiger partial charge < -0.3 is 29.5 Å². The number of nitrogens with zero attached hydrogens (tertiary/aromatic N) is 3. The second kappa shape index (κ2) is 14.7. The van der Waals surface area contributed by atoms with Crippen LogP contribution in [0.4, 0.5) is 28.4 Å². The second-order valence-electron chi connectivity index (χ2n) is 14.6. The van der Waals surface area contributed by atoms with Crippen molar-refractivity contribution in [1.82, 2.24) is 15.1 Å². The van der Waals surface area contributed by atoms with Crippen molar-refractivity contribution in [3.63, 3.8) is 0 Å². The van der Waals surface area contributed by atoms with Crippen LogP contribution in [0.1, 0.15) is 88.4 Å². The fraction of sp³-hybridized carbons (Fsp3) is 0.556. The maximum absolute atomic E-state index is 14.7. The predicted octanol–water partition coefficient (Wildman–Crippen LogP) is 6.80. The predicted molar refractivity (Wildman–Crippen MR) is 178 cm³/mol. The molecular weight excluding hydrogens is 641 g/mol. The molecule has 2 aromatic rings. The largest absolute Gasteiger partial charge is 0.445 e. The van der Waals surface area contributed by atoms with Gasteiger partial charge in [-0.15, -0.1) is 0 Å². The molecule has 1 fully saturated rings. The fourth-order valence-electron chi connectivity index (χ4n) is 6.36. The molecule has 0 saturated carbocycles. The number of fused-ring (bicyclic) bond motifs is 1. The third-order valence-corrected chi connectivity index (χ3v) is 8.55. The molecule has 2 aliphatic heterocycles. The number of nitrogens with one attached hydrogen (secondary N) is 1. The molecule has 1 N–H and O–H groups in total. The Kier molecular flexibility index (Phi) is 11.2. The van der Waals surface area contributed by atoms with E-state index in [0.717, 1.165) is 17.7 Å². The van der Waals surface area contributed by atoms with Gasteiger partial charge in [0, 0.05) is 43.3 Å². The van der Waals surface area contributed by atoms with Crippen molar-refractivity contribution in [1.29, 1.82) is 0 Å². The monoisotopic (exact) mass is 688 g/mol. The standard InChI is InChI=1S/C36H47F3N4O6/c1-23(2)43(26-14-11-16-41(21-26)33(47)49-34(3,4)5)30(44)27-19-29-25(18-28(27)36(37,38)39)20-35(6,7)31(45)42(29)17-15-40-32(46)48-22-24-12-9-8-10-13-24/h8-10,12-13,18-19,23,26H,11,14-17,20-22H2,1-7H3,(H,40,46)/t26-/m1/s1. The number of anilines is 1. The average molecular weight is 689 g/mol. The minimum atomic E-state index is -4.86. The van der Waals surface area contributed by atoms with E-state index < -0.39 is 58.5 Å². The second-order valence-corrected chi connectivity index (χ2v) is 14.6. The molecule has 1 atom stereocenters. The Morgan fingerprint density at radius 1 is 1.08 bits per heavy atom. The molecule has 268 valence electrons. The SMILES string of the molecule is CC(C)N(C(=O)c1cc2c(cc1C(F)(F)F)CC(C)(C)C(=O)N2CCNC(=O)OCc1ccccc1)[C@@H]1CCCN(C(=O)OC(C)(C)C)C1. The zero-order chi connectivity index (χ0) is 36.3. The van der Waals surface area contributed by atoms with Gasteiger partial charge in [0.1, 0.15) is 12.2 Å². The molecule has 0 radical (unpaired) electrons. The number of benzene rings is 2. The van der Waals surface area contributed by atoms with E-state index in [9.17, 15) is 32.3 Å². The van der Waals surface area contributed by atoms with Gasteiger partial charge in [0.2, 0.25) is 5.91 Å². The zero-order valence-corrected chi connectivity index (χ0v) is 29.3. The normalized spacial score (nSPS) is 17.8. The van der Waals surface area contributed by atoms with Crippen molar-refractivity contribution in [3.05, 3.63) is 64.7 Å². The van der Waals surface area contributed by atoms with Crippen LogP contribution < -0.4 is 10.2 Å². The minimum absolute atomic E-state index is 0.0309. The smallest absolute Gasteiger partial charge is 0.417 e. The summed E-state index contributed by atoms with van der Waals surface area (Å²) in [5, 5.41) is 2.60. The molecule has 13 heteroatoms. The molecule has 4 amide bonds. The summed E-state index contributed by atoms with van der Waals surface area (Å²) in [4.78, 5) is 57.4. The van der Waals surface area contributed by atoms with Gasteiger partial charge in [0.25, 0.3) is 5.91 Å². The number of likely N-dealkylation sites (tertiary alicyclic amines) is 1. The quantitative estimate of drug-likeness (QED) is 0.327. The summed E-state index contributed by atoms with van der Waals surface area (Å²) in [7, 11) is 0. The number of alkyl halides is 3. The Morgan fingerprint density at radius 2 is 1.76 bits per heavy atom. The van der Waals surface area contributed by atoms with Gasteiger partial charge in [-0.05, 0) is 77.1 Å². The number of amides is 4. The minimum Gasteiger partial charge on any atom is -0.445 e. The Hall–Kier alpha value is -4.29. The van der Waals surface area contributed by atoms with Gasteiger partial charge in [0.15, 0.2) is 0 Å². The Balaban J connectivity index is 1.63. The van der Waals surface area contributed by atoms with Gasteiger partial charge in [-0.3, -0.25) is 9.59 Å². The van der Waals surface area contributed by atoms with Crippen LogP contribution in [0.3, 0.4) is 0 Å². The summed E-state index contributed by atoms with van der Waals surface area (Å²) in [6.07, 6.45) is -5.07. The van der Waals surface area contributed by atoms with Crippen molar-refractivity contribution in [3.8, 4) is 0 Å². The van der Waals surface area contributed by atoms with Gasteiger partial charge in [-0.2, -0.15) is 13.2 Å². The van der Waals surface area contributed by atoms with E-state index in [1.54, 1.807) is 60.6 Å². The van der Waals surface area contributed by atoms with Crippen LogP contribution in [0.2, 0.25) is 0 Å². The summed E-state index contributed by atoms with van der Waals surface area (Å²) in [6.45, 7) is 12.4. The molecule has 0 aliphatic carbocycles. The number of carbonyl (C=O) groups excluding carboxylic acids is 4. The lowest BCUT2D eigenvalue weighted by atomic mass is 9.79. The van der Waals surface area contributed by atoms with Crippen LogP contribution in [-0.2, 0) is 33.5 Å². The van der Waals surface area contributed by atoms with Gasteiger partial charge in [-0.25, -0.2) is 9.59 Å². The van der Waals surface area contributed by atoms with E-state index in [2.05, 4.69) is 5.32 Å². The first-order chi connectivity index (χ1) is 22.8. The number of ether oxygens (including phenoxy) is 2. The first-order valence-electron chi connectivity index (χ1n) is 16.6. The topological polar surface area (TPSA) is 108 Å². The lowest BCUT2D eigenvalue weighted by molar-refractivity contribution is -0.138. The molecule has 1 saturated heterocycles. The van der Waals surface area contributed by atoms with E-state index in [4.69, 9.17) is 9.47 Å². The first-order valence-corrected chi connectivity index (χ1v) is 16.6. The molecular formula is C36H47F3N4O6. The summed E-state index contributed by atoms with van der Waals surface area (Å²) in [6, 6.07) is 10.1. The summed E-state index contributed by atoms with van der Waals surface area (Å²) < 4.78 is 54.8. The van der Waals surface area contributed by atoms with Crippen LogP contribution in [0, 0.1) is 5.41 Å². The van der Waals surface area contributed by atoms with Crippen molar-refractivity contribution in [2.24, 2.45) is 5.41 Å². The number of halogens is 3. The van der Waals surface area contributed by atoms with E-state index in [1.807, 2.05) is 18.2 Å². The highest BCUT2D eigenvalue weighted by atomic mass is 19.4. The van der Waals surface area contributed by atoms with Crippen LogP contribution in [0.15, 0.2) is 42.5 Å². The van der Waals surface area contributed by atoms with Crippen molar-refractivity contribution >= 4 is 29.7 Å². The lowest BCUT2D eigenvalue weighted by Gasteiger charge is -2.42. The van der Waals surface area contributed by atoms with Crippen molar-refractivity contribution in [2.75, 3.05) is 31.1 Å². The number of rotatable bonds is 8. The summed E-state index contributed by atoms with van der Waals surface area (Å²) in [5.41, 5.74) is -2.20. The molecule has 49 heavy (non-hydrogen) atoms. The molecule has 0 spiro atoms. The maximum Gasteiger partial charge on any atom is 0.417 e. The van der Waals surface area contributed by atoms with E-state index in [-0.39, 0.29) is 49.8 Å². The third-order valence-electron chi connectivity index (χ3n) is 8.55. The van der Waals surface area contributed by atoms with Gasteiger partial charge in [0.05, 0.1) is 17.2 Å². The van der Waals surface area contributed by atoms with Crippen molar-refractivity contribution in [2.45, 2.75) is 98.2 Å². The molecule has 10 nitrogen and oxygen atoms in total. The maximum atomic E-state index is 14.7. The third kappa shape index (κ3) is 9.24. The average Bonchev–Trinajstić information content (AvgIpc) is 3.00. The fourth-order valence-corrected chi connectivity index (χ4v) is 6.36. The Labute approximate surface area is 285 Å². The van der Waals surface area contributed by atoms with Crippen LogP contribution in [0.25, 0.3) is 0 Å². The molecule has 2 aromatic carbocycles. The zero-order valence-electron chi connectivity index (χ0n) is 29.3. The van der Waals surface area contributed by atoms with E-state index >= 15 is 0 Å². The number of alkyl carbamates (subject to hydrolysis) is 1. The van der Waals surface area contributed by atoms with E-state index in [1.165, 1.54) is 14.7 Å². The number of carbonyl (C=O) groups is 4. The highest BCUT2D eigenvalue weighted by molar-refractivity contribution is 6.03. The van der Waals surface area contributed by atoms with Crippen molar-refractivity contribution < 1.29 is 41.8 Å². The van der Waals surface area contributed by atoms with Crippen LogP contribution in [-0.4, -0.2) is 77.7 Å². The van der Waals surface area contributed by atoms with Crippen LogP contribution >= 0.6 is 0 Å². The number of hydrogen-bond acceptors (Lipinski definition) is 6. The number of piperidine rings is 1. The van der Waals surface area contributed by atoms with Crippen LogP contribution in [0.5, 0.6) is 0 Å². The highest BCUT2D eigenvalue weighted by Crippen LogP contribution is 2.43.